The van der Waals surface area contributed by atoms with Crippen LogP contribution in [0.4, 0.5) is 0 Å². The molecule has 134 valence electrons. The van der Waals surface area contributed by atoms with E-state index >= 15 is 0 Å². The molecular weight excluding hydrogens is 393 g/mol. The molecule has 0 saturated heterocycles. The summed E-state index contributed by atoms with van der Waals surface area (Å²) in [5.41, 5.74) is 0.816. The lowest BCUT2D eigenvalue weighted by Gasteiger charge is -2.05. The third-order valence-electron chi connectivity index (χ3n) is 3.62. The van der Waals surface area contributed by atoms with Crippen molar-refractivity contribution in [3.8, 4) is 0 Å². The average Bonchev–Trinajstić information content (AvgIpc) is 3.09. The van der Waals surface area contributed by atoms with E-state index < -0.39 is 10.8 Å². The second kappa shape index (κ2) is 8.54. The summed E-state index contributed by atoms with van der Waals surface area (Å²) in [5, 5.41) is 3.86. The minimum atomic E-state index is -1.31. The summed E-state index contributed by atoms with van der Waals surface area (Å²) in [7, 11) is -1.31. The van der Waals surface area contributed by atoms with E-state index in [2.05, 4.69) is 5.32 Å². The molecule has 1 aromatic heterocycles. The van der Waals surface area contributed by atoms with E-state index in [-0.39, 0.29) is 17.4 Å². The predicted molar refractivity (Wildman–Crippen MR) is 103 cm³/mol. The van der Waals surface area contributed by atoms with Crippen LogP contribution in [-0.4, -0.2) is 10.1 Å². The van der Waals surface area contributed by atoms with Gasteiger partial charge in [-0.1, -0.05) is 47.5 Å². The third kappa shape index (κ3) is 4.75. The SMILES string of the molecule is O=C(NCc1ccccc1Cl)c1ccc(CS(=O)c2cccc(Cl)c2)o1. The summed E-state index contributed by atoms with van der Waals surface area (Å²) in [4.78, 5) is 12.8. The summed E-state index contributed by atoms with van der Waals surface area (Å²) in [6.07, 6.45) is 0. The number of hydrogen-bond donors (Lipinski definition) is 1. The molecule has 1 atom stereocenters. The largest absolute Gasteiger partial charge is 0.455 e. The highest BCUT2D eigenvalue weighted by Crippen LogP contribution is 2.19. The van der Waals surface area contributed by atoms with E-state index in [9.17, 15) is 9.00 Å². The highest BCUT2D eigenvalue weighted by molar-refractivity contribution is 7.84. The van der Waals surface area contributed by atoms with Gasteiger partial charge in [-0.3, -0.25) is 9.00 Å². The summed E-state index contributed by atoms with van der Waals surface area (Å²) in [6, 6.07) is 17.3. The van der Waals surface area contributed by atoms with Gasteiger partial charge in [0.2, 0.25) is 0 Å². The monoisotopic (exact) mass is 407 g/mol. The van der Waals surface area contributed by atoms with Crippen molar-refractivity contribution >= 4 is 39.9 Å². The van der Waals surface area contributed by atoms with Gasteiger partial charge < -0.3 is 9.73 Å². The van der Waals surface area contributed by atoms with Crippen LogP contribution in [0, 0.1) is 0 Å². The molecule has 0 saturated carbocycles. The number of carbonyl (C=O) groups is 1. The second-order valence-electron chi connectivity index (χ2n) is 5.49. The van der Waals surface area contributed by atoms with Gasteiger partial charge in [-0.25, -0.2) is 0 Å². The molecule has 7 heteroatoms. The van der Waals surface area contributed by atoms with Gasteiger partial charge in [-0.15, -0.1) is 0 Å². The van der Waals surface area contributed by atoms with Gasteiger partial charge in [0.15, 0.2) is 5.76 Å². The van der Waals surface area contributed by atoms with Gasteiger partial charge in [0.25, 0.3) is 5.91 Å². The zero-order valence-corrected chi connectivity index (χ0v) is 15.9. The molecule has 1 heterocycles. The van der Waals surface area contributed by atoms with Crippen molar-refractivity contribution in [2.75, 3.05) is 0 Å². The minimum Gasteiger partial charge on any atom is -0.455 e. The summed E-state index contributed by atoms with van der Waals surface area (Å²) >= 11 is 12.0. The van der Waals surface area contributed by atoms with Crippen LogP contribution >= 0.6 is 23.2 Å². The number of benzene rings is 2. The molecule has 3 rings (SSSR count). The third-order valence-corrected chi connectivity index (χ3v) is 5.55. The number of rotatable bonds is 6. The van der Waals surface area contributed by atoms with Crippen LogP contribution in [0.1, 0.15) is 21.9 Å². The zero-order chi connectivity index (χ0) is 18.5. The van der Waals surface area contributed by atoms with Gasteiger partial charge in [0, 0.05) is 21.5 Å². The lowest BCUT2D eigenvalue weighted by atomic mass is 10.2. The molecule has 2 aromatic carbocycles. The number of carbonyl (C=O) groups excluding carboxylic acids is 1. The fraction of sp³-hybridized carbons (Fsp3) is 0.105. The number of hydrogen-bond acceptors (Lipinski definition) is 3. The fourth-order valence-corrected chi connectivity index (χ4v) is 3.83. The lowest BCUT2D eigenvalue weighted by Crippen LogP contribution is -2.22. The molecule has 0 aliphatic heterocycles. The molecule has 26 heavy (non-hydrogen) atoms. The minimum absolute atomic E-state index is 0.162. The van der Waals surface area contributed by atoms with E-state index in [4.69, 9.17) is 27.6 Å². The Morgan fingerprint density at radius 2 is 1.85 bits per heavy atom. The first-order valence-corrected chi connectivity index (χ1v) is 9.84. The quantitative estimate of drug-likeness (QED) is 0.636. The maximum atomic E-state index is 12.4. The van der Waals surface area contributed by atoms with Crippen molar-refractivity contribution in [1.82, 2.24) is 5.32 Å². The molecule has 0 aliphatic rings. The van der Waals surface area contributed by atoms with Crippen LogP contribution in [-0.2, 0) is 23.1 Å². The normalized spacial score (nSPS) is 11.9. The topological polar surface area (TPSA) is 59.3 Å². The highest BCUT2D eigenvalue weighted by atomic mass is 35.5. The predicted octanol–water partition coefficient (Wildman–Crippen LogP) is 4.82. The van der Waals surface area contributed by atoms with E-state index in [0.717, 1.165) is 5.56 Å². The Bertz CT molecular complexity index is 955. The van der Waals surface area contributed by atoms with Crippen molar-refractivity contribution in [2.45, 2.75) is 17.2 Å². The van der Waals surface area contributed by atoms with Gasteiger partial charge in [0.1, 0.15) is 5.76 Å². The summed E-state index contributed by atoms with van der Waals surface area (Å²) in [6.45, 7) is 0.295. The Morgan fingerprint density at radius 3 is 2.62 bits per heavy atom. The Hall–Kier alpha value is -2.08. The molecule has 0 fully saturated rings. The number of amides is 1. The van der Waals surface area contributed by atoms with Gasteiger partial charge >= 0.3 is 0 Å². The lowest BCUT2D eigenvalue weighted by molar-refractivity contribution is 0.0921. The second-order valence-corrected chi connectivity index (χ2v) is 7.78. The van der Waals surface area contributed by atoms with E-state index in [1.165, 1.54) is 0 Å². The van der Waals surface area contributed by atoms with Gasteiger partial charge in [-0.2, -0.15) is 0 Å². The van der Waals surface area contributed by atoms with Crippen molar-refractivity contribution < 1.29 is 13.4 Å². The van der Waals surface area contributed by atoms with Crippen LogP contribution in [0.25, 0.3) is 0 Å². The maximum absolute atomic E-state index is 12.4. The van der Waals surface area contributed by atoms with E-state index in [0.29, 0.717) is 27.2 Å². The van der Waals surface area contributed by atoms with Crippen molar-refractivity contribution in [1.29, 1.82) is 0 Å². The molecule has 3 aromatic rings. The molecule has 1 N–H and O–H groups in total. The first kappa shape index (κ1) is 18.7. The van der Waals surface area contributed by atoms with Crippen LogP contribution in [0.15, 0.2) is 70.0 Å². The van der Waals surface area contributed by atoms with Crippen molar-refractivity contribution in [3.05, 3.63) is 87.8 Å². The first-order chi connectivity index (χ1) is 12.5. The molecule has 4 nitrogen and oxygen atoms in total. The smallest absolute Gasteiger partial charge is 0.287 e. The molecule has 0 aliphatic carbocycles. The Balaban J connectivity index is 1.61. The Labute approximate surface area is 163 Å². The Kier molecular flexibility index (Phi) is 6.14. The molecule has 0 radical (unpaired) electrons. The summed E-state index contributed by atoms with van der Waals surface area (Å²) < 4.78 is 17.9. The van der Waals surface area contributed by atoms with E-state index in [1.807, 2.05) is 18.2 Å². The molecule has 1 amide bonds. The van der Waals surface area contributed by atoms with E-state index in [1.54, 1.807) is 42.5 Å². The van der Waals surface area contributed by atoms with Crippen LogP contribution < -0.4 is 5.32 Å². The fourth-order valence-electron chi connectivity index (χ4n) is 2.30. The standard InChI is InChI=1S/C19H15Cl2NO3S/c20-14-5-3-6-16(10-14)26(24)12-15-8-9-18(25-15)19(23)22-11-13-4-1-2-7-17(13)21/h1-10H,11-12H2,(H,22,23). The van der Waals surface area contributed by atoms with Crippen molar-refractivity contribution in [2.24, 2.45) is 0 Å². The molecule has 0 spiro atoms. The first-order valence-electron chi connectivity index (χ1n) is 7.77. The number of furan rings is 1. The molecule has 0 bridgehead atoms. The van der Waals surface area contributed by atoms with Gasteiger partial charge in [-0.05, 0) is 42.0 Å². The highest BCUT2D eigenvalue weighted by Gasteiger charge is 2.14. The maximum Gasteiger partial charge on any atom is 0.287 e. The average molecular weight is 408 g/mol. The van der Waals surface area contributed by atoms with Crippen LogP contribution in [0.2, 0.25) is 10.0 Å². The number of nitrogens with one attached hydrogen (secondary N) is 1. The molecular formula is C19H15Cl2NO3S. The number of halogens is 2. The van der Waals surface area contributed by atoms with Crippen LogP contribution in [0.3, 0.4) is 0 Å². The summed E-state index contributed by atoms with van der Waals surface area (Å²) in [5.74, 6) is 0.434. The van der Waals surface area contributed by atoms with Crippen molar-refractivity contribution in [3.63, 3.8) is 0 Å². The zero-order valence-electron chi connectivity index (χ0n) is 13.6. The van der Waals surface area contributed by atoms with Crippen LogP contribution in [0.5, 0.6) is 0 Å². The van der Waals surface area contributed by atoms with Gasteiger partial charge in [0.05, 0.1) is 16.6 Å². The Morgan fingerprint density at radius 1 is 1.04 bits per heavy atom. The molecule has 1 unspecified atom stereocenters.